The van der Waals surface area contributed by atoms with Crippen LogP contribution in [-0.4, -0.2) is 14.2 Å². The van der Waals surface area contributed by atoms with E-state index in [1.54, 1.807) is 24.3 Å². The Hall–Kier alpha value is -2.13. The Labute approximate surface area is 127 Å². The molecule has 0 atom stereocenters. The Morgan fingerprint density at radius 3 is 2.48 bits per heavy atom. The van der Waals surface area contributed by atoms with Gasteiger partial charge in [-0.1, -0.05) is 29.7 Å². The van der Waals surface area contributed by atoms with Crippen LogP contribution in [0.3, 0.4) is 0 Å². The Morgan fingerprint density at radius 2 is 1.86 bits per heavy atom. The molecule has 0 radical (unpaired) electrons. The quantitative estimate of drug-likeness (QED) is 0.696. The highest BCUT2D eigenvalue weighted by Gasteiger charge is 2.18. The molecule has 106 valence electrons. The standard InChI is InChI=1S/C15H10ClNO3S/c1-2-10-5-3-4-6-12(10)15(18)11-7-8-13(16)14(9-11)21(17,19)20/h1,3-9H,(H2,17,19,20). The highest BCUT2D eigenvalue weighted by Crippen LogP contribution is 2.23. The monoisotopic (exact) mass is 319 g/mol. The fourth-order valence-electron chi connectivity index (χ4n) is 1.83. The molecule has 0 heterocycles. The highest BCUT2D eigenvalue weighted by molar-refractivity contribution is 7.89. The van der Waals surface area contributed by atoms with E-state index < -0.39 is 15.8 Å². The van der Waals surface area contributed by atoms with Gasteiger partial charge in [0.1, 0.15) is 4.90 Å². The molecule has 0 amide bonds. The summed E-state index contributed by atoms with van der Waals surface area (Å²) in [5.41, 5.74) is 0.878. The van der Waals surface area contributed by atoms with Crippen LogP contribution in [0.25, 0.3) is 0 Å². The van der Waals surface area contributed by atoms with E-state index >= 15 is 0 Å². The maximum absolute atomic E-state index is 12.4. The van der Waals surface area contributed by atoms with Crippen molar-refractivity contribution in [3.63, 3.8) is 0 Å². The van der Waals surface area contributed by atoms with Crippen molar-refractivity contribution in [1.82, 2.24) is 0 Å². The number of nitrogens with two attached hydrogens (primary N) is 1. The van der Waals surface area contributed by atoms with E-state index in [0.717, 1.165) is 6.07 Å². The second-order valence-electron chi connectivity index (χ2n) is 4.21. The number of hydrogen-bond acceptors (Lipinski definition) is 3. The van der Waals surface area contributed by atoms with E-state index in [0.29, 0.717) is 11.1 Å². The van der Waals surface area contributed by atoms with Crippen LogP contribution in [-0.2, 0) is 10.0 Å². The van der Waals surface area contributed by atoms with Gasteiger partial charge in [-0.25, -0.2) is 13.6 Å². The van der Waals surface area contributed by atoms with Gasteiger partial charge in [-0.3, -0.25) is 4.79 Å². The first kappa shape index (κ1) is 15.3. The molecule has 0 saturated heterocycles. The van der Waals surface area contributed by atoms with E-state index in [-0.39, 0.29) is 15.5 Å². The van der Waals surface area contributed by atoms with Gasteiger partial charge in [0.15, 0.2) is 5.78 Å². The minimum Gasteiger partial charge on any atom is -0.289 e. The molecule has 0 unspecified atom stereocenters. The summed E-state index contributed by atoms with van der Waals surface area (Å²) in [6.07, 6.45) is 5.35. The van der Waals surface area contributed by atoms with Crippen molar-refractivity contribution >= 4 is 27.4 Å². The summed E-state index contributed by atoms with van der Waals surface area (Å²) in [4.78, 5) is 12.1. The predicted octanol–water partition coefficient (Wildman–Crippen LogP) is 2.20. The molecule has 4 nitrogen and oxygen atoms in total. The molecular formula is C15H10ClNO3S. The Kier molecular flexibility index (Phi) is 4.14. The third kappa shape index (κ3) is 3.14. The SMILES string of the molecule is C#Cc1ccccc1C(=O)c1ccc(Cl)c(S(N)(=O)=O)c1. The van der Waals surface area contributed by atoms with Crippen LogP contribution >= 0.6 is 11.6 Å². The van der Waals surface area contributed by atoms with Crippen LogP contribution in [0.1, 0.15) is 21.5 Å². The number of carbonyl (C=O) groups excluding carboxylic acids is 1. The first-order valence-corrected chi connectivity index (χ1v) is 7.69. The zero-order valence-corrected chi connectivity index (χ0v) is 12.3. The summed E-state index contributed by atoms with van der Waals surface area (Å²) in [5, 5.41) is 5.02. The second kappa shape index (κ2) is 5.70. The number of primary sulfonamides is 1. The number of carbonyl (C=O) groups is 1. The van der Waals surface area contributed by atoms with E-state index in [9.17, 15) is 13.2 Å². The van der Waals surface area contributed by atoms with Gasteiger partial charge in [0.05, 0.1) is 5.02 Å². The number of halogens is 1. The molecule has 0 spiro atoms. The van der Waals surface area contributed by atoms with Gasteiger partial charge in [0.25, 0.3) is 0 Å². The lowest BCUT2D eigenvalue weighted by Gasteiger charge is -2.07. The summed E-state index contributed by atoms with van der Waals surface area (Å²) in [7, 11) is -4.01. The number of hydrogen-bond donors (Lipinski definition) is 1. The Bertz CT molecular complexity index is 867. The highest BCUT2D eigenvalue weighted by atomic mass is 35.5. The van der Waals surface area contributed by atoms with Gasteiger partial charge in [-0.15, -0.1) is 6.42 Å². The molecule has 0 aliphatic heterocycles. The third-order valence-electron chi connectivity index (χ3n) is 2.83. The van der Waals surface area contributed by atoms with Gasteiger partial charge in [0, 0.05) is 16.7 Å². The van der Waals surface area contributed by atoms with E-state index in [2.05, 4.69) is 5.92 Å². The maximum atomic E-state index is 12.4. The first-order valence-electron chi connectivity index (χ1n) is 5.77. The second-order valence-corrected chi connectivity index (χ2v) is 6.15. The third-order valence-corrected chi connectivity index (χ3v) is 4.22. The zero-order chi connectivity index (χ0) is 15.6. The number of sulfonamides is 1. The molecule has 0 bridgehead atoms. The topological polar surface area (TPSA) is 77.2 Å². The Balaban J connectivity index is 2.58. The van der Waals surface area contributed by atoms with Crippen LogP contribution in [0, 0.1) is 12.3 Å². The normalized spacial score (nSPS) is 10.9. The van der Waals surface area contributed by atoms with Crippen molar-refractivity contribution in [1.29, 1.82) is 0 Å². The molecule has 6 heteroatoms. The van der Waals surface area contributed by atoms with E-state index in [1.807, 2.05) is 0 Å². The largest absolute Gasteiger partial charge is 0.289 e. The maximum Gasteiger partial charge on any atom is 0.239 e. The van der Waals surface area contributed by atoms with Crippen LogP contribution < -0.4 is 5.14 Å². The minimum atomic E-state index is -4.01. The summed E-state index contributed by atoms with van der Waals surface area (Å²) >= 11 is 5.79. The number of benzene rings is 2. The number of rotatable bonds is 3. The summed E-state index contributed by atoms with van der Waals surface area (Å²) in [6.45, 7) is 0. The van der Waals surface area contributed by atoms with Gasteiger partial charge < -0.3 is 0 Å². The van der Waals surface area contributed by atoms with E-state index in [4.69, 9.17) is 23.2 Å². The van der Waals surface area contributed by atoms with Gasteiger partial charge >= 0.3 is 0 Å². The molecular weight excluding hydrogens is 310 g/mol. The summed E-state index contributed by atoms with van der Waals surface area (Å²) in [6, 6.07) is 10.5. The lowest BCUT2D eigenvalue weighted by Crippen LogP contribution is -2.14. The van der Waals surface area contributed by atoms with Crippen LogP contribution in [0.5, 0.6) is 0 Å². The average Bonchev–Trinajstić information content (AvgIpc) is 2.45. The molecule has 2 aromatic carbocycles. The van der Waals surface area contributed by atoms with E-state index in [1.165, 1.54) is 12.1 Å². The molecule has 0 fully saturated rings. The van der Waals surface area contributed by atoms with Crippen molar-refractivity contribution in [2.45, 2.75) is 4.90 Å². The van der Waals surface area contributed by atoms with Crippen molar-refractivity contribution in [2.24, 2.45) is 5.14 Å². The van der Waals surface area contributed by atoms with Crippen molar-refractivity contribution in [3.05, 3.63) is 64.2 Å². The number of ketones is 1. The van der Waals surface area contributed by atoms with Crippen molar-refractivity contribution in [2.75, 3.05) is 0 Å². The van der Waals surface area contributed by atoms with Crippen molar-refractivity contribution in [3.8, 4) is 12.3 Å². The smallest absolute Gasteiger partial charge is 0.239 e. The van der Waals surface area contributed by atoms with Crippen LogP contribution in [0.15, 0.2) is 47.4 Å². The van der Waals surface area contributed by atoms with Gasteiger partial charge in [-0.05, 0) is 30.3 Å². The lowest BCUT2D eigenvalue weighted by molar-refractivity contribution is 0.103. The fourth-order valence-corrected chi connectivity index (χ4v) is 2.90. The zero-order valence-electron chi connectivity index (χ0n) is 10.7. The molecule has 2 rings (SSSR count). The fraction of sp³-hybridized carbons (Fsp3) is 0. The van der Waals surface area contributed by atoms with Crippen LogP contribution in [0.2, 0.25) is 5.02 Å². The van der Waals surface area contributed by atoms with Gasteiger partial charge in [0.2, 0.25) is 10.0 Å². The molecule has 21 heavy (non-hydrogen) atoms. The van der Waals surface area contributed by atoms with Crippen molar-refractivity contribution < 1.29 is 13.2 Å². The molecule has 0 aliphatic carbocycles. The molecule has 2 N–H and O–H groups in total. The van der Waals surface area contributed by atoms with Gasteiger partial charge in [-0.2, -0.15) is 0 Å². The predicted molar refractivity (Wildman–Crippen MR) is 80.6 cm³/mol. The molecule has 0 saturated carbocycles. The molecule has 0 aromatic heterocycles. The molecule has 0 aliphatic rings. The number of terminal acetylenes is 1. The lowest BCUT2D eigenvalue weighted by atomic mass is 9.99. The average molecular weight is 320 g/mol. The minimum absolute atomic E-state index is 0.0423. The molecule has 2 aromatic rings. The summed E-state index contributed by atoms with van der Waals surface area (Å²) in [5.74, 6) is 2.01. The summed E-state index contributed by atoms with van der Waals surface area (Å²) < 4.78 is 22.9. The first-order chi connectivity index (χ1) is 9.84. The van der Waals surface area contributed by atoms with Crippen LogP contribution in [0.4, 0.5) is 0 Å². The Morgan fingerprint density at radius 1 is 1.19 bits per heavy atom.